The first kappa shape index (κ1) is 21.9. The number of alkyl halides is 3. The molecule has 1 atom stereocenters. The number of nitrogens with zero attached hydrogens (tertiary/aromatic N) is 4. The van der Waals surface area contributed by atoms with Gasteiger partial charge >= 0.3 is 12.1 Å². The van der Waals surface area contributed by atoms with E-state index in [9.17, 15) is 28.2 Å². The van der Waals surface area contributed by atoms with Gasteiger partial charge in [-0.3, -0.25) is 4.98 Å². The van der Waals surface area contributed by atoms with Gasteiger partial charge in [-0.25, -0.2) is 9.48 Å². The topological polar surface area (TPSA) is 101 Å². The highest BCUT2D eigenvalue weighted by Crippen LogP contribution is 2.45. The molecule has 0 radical (unpaired) electrons. The van der Waals surface area contributed by atoms with Gasteiger partial charge < -0.3 is 19.8 Å². The summed E-state index contributed by atoms with van der Waals surface area (Å²) in [7, 11) is 0. The number of pyridine rings is 1. The second-order valence-corrected chi connectivity index (χ2v) is 8.19. The van der Waals surface area contributed by atoms with Crippen molar-refractivity contribution in [1.29, 1.82) is 0 Å². The number of aromatic nitrogens is 3. The predicted molar refractivity (Wildman–Crippen MR) is 101 cm³/mol. The lowest BCUT2D eigenvalue weighted by Gasteiger charge is -2.26. The zero-order chi connectivity index (χ0) is 22.4. The van der Waals surface area contributed by atoms with E-state index in [0.29, 0.717) is 6.42 Å². The molecule has 3 heterocycles. The monoisotopic (exact) mass is 428 g/mol. The Labute approximate surface area is 170 Å². The summed E-state index contributed by atoms with van der Waals surface area (Å²) in [5.74, 6) is -1.98. The average molecular weight is 428 g/mol. The Kier molecular flexibility index (Phi) is 5.44. The summed E-state index contributed by atoms with van der Waals surface area (Å²) in [5.41, 5.74) is -2.19. The number of aliphatic hydroxyl groups is 1. The third-order valence-corrected chi connectivity index (χ3v) is 4.79. The standard InChI is InChI=1S/C19H23F3N4O4/c1-10-15(17(28)29)24-26(18(2,3)4)16(10)30-13-8-23-7-12(14(13)19(20,21)22)25-6-5-11(27)9-25/h7-8,11,27H,5-6,9H2,1-4H3,(H,28,29). The number of carbonyl (C=O) groups is 1. The number of ether oxygens (including phenoxy) is 1. The van der Waals surface area contributed by atoms with Gasteiger partial charge in [0.15, 0.2) is 11.4 Å². The minimum Gasteiger partial charge on any atom is -0.476 e. The zero-order valence-electron chi connectivity index (χ0n) is 17.0. The molecule has 1 aliphatic heterocycles. The van der Waals surface area contributed by atoms with E-state index in [1.807, 2.05) is 0 Å². The van der Waals surface area contributed by atoms with Gasteiger partial charge in [0.1, 0.15) is 5.56 Å². The van der Waals surface area contributed by atoms with Gasteiger partial charge in [0, 0.05) is 18.7 Å². The van der Waals surface area contributed by atoms with Crippen LogP contribution in [0.15, 0.2) is 12.4 Å². The summed E-state index contributed by atoms with van der Waals surface area (Å²) >= 11 is 0. The second-order valence-electron chi connectivity index (χ2n) is 8.19. The van der Waals surface area contributed by atoms with E-state index in [-0.39, 0.29) is 35.9 Å². The maximum atomic E-state index is 14.0. The number of β-amino-alcohol motifs (C(OH)–C–C–N with tert-alkyl or cyclic N) is 1. The maximum absolute atomic E-state index is 14.0. The highest BCUT2D eigenvalue weighted by Gasteiger charge is 2.41. The normalized spacial score (nSPS) is 17.5. The quantitative estimate of drug-likeness (QED) is 0.770. The van der Waals surface area contributed by atoms with Crippen LogP contribution in [0, 0.1) is 6.92 Å². The largest absolute Gasteiger partial charge is 0.476 e. The molecule has 0 saturated carbocycles. The average Bonchev–Trinajstić information content (AvgIpc) is 3.18. The van der Waals surface area contributed by atoms with E-state index in [4.69, 9.17) is 4.74 Å². The molecule has 0 aliphatic carbocycles. The third kappa shape index (κ3) is 4.07. The number of halogens is 3. The van der Waals surface area contributed by atoms with Gasteiger partial charge in [0.05, 0.1) is 29.7 Å². The van der Waals surface area contributed by atoms with Gasteiger partial charge in [-0.05, 0) is 34.1 Å². The van der Waals surface area contributed by atoms with Crippen molar-refractivity contribution >= 4 is 11.7 Å². The first-order valence-corrected chi connectivity index (χ1v) is 9.30. The highest BCUT2D eigenvalue weighted by molar-refractivity contribution is 5.87. The van der Waals surface area contributed by atoms with Crippen molar-refractivity contribution in [3.63, 3.8) is 0 Å². The Morgan fingerprint density at radius 3 is 2.43 bits per heavy atom. The molecule has 11 heteroatoms. The lowest BCUT2D eigenvalue weighted by molar-refractivity contribution is -0.138. The summed E-state index contributed by atoms with van der Waals surface area (Å²) in [6, 6.07) is 0. The summed E-state index contributed by atoms with van der Waals surface area (Å²) in [4.78, 5) is 16.8. The molecule has 0 amide bonds. The van der Waals surface area contributed by atoms with Crippen LogP contribution in [0.4, 0.5) is 18.9 Å². The summed E-state index contributed by atoms with van der Waals surface area (Å²) < 4.78 is 48.9. The molecular weight excluding hydrogens is 405 g/mol. The molecule has 0 bridgehead atoms. The Hall–Kier alpha value is -2.82. The lowest BCUT2D eigenvalue weighted by Crippen LogP contribution is -2.26. The molecule has 30 heavy (non-hydrogen) atoms. The van der Waals surface area contributed by atoms with Gasteiger partial charge in [-0.2, -0.15) is 18.3 Å². The molecule has 2 N–H and O–H groups in total. The Morgan fingerprint density at radius 2 is 1.93 bits per heavy atom. The molecular formula is C19H23F3N4O4. The molecule has 1 fully saturated rings. The van der Waals surface area contributed by atoms with Gasteiger partial charge in [-0.1, -0.05) is 0 Å². The van der Waals surface area contributed by atoms with E-state index in [1.165, 1.54) is 16.5 Å². The van der Waals surface area contributed by atoms with E-state index >= 15 is 0 Å². The number of carboxylic acids is 1. The molecule has 1 saturated heterocycles. The van der Waals surface area contributed by atoms with E-state index < -0.39 is 35.1 Å². The Morgan fingerprint density at radius 1 is 1.27 bits per heavy atom. The first-order valence-electron chi connectivity index (χ1n) is 9.30. The SMILES string of the molecule is Cc1c(C(=O)O)nn(C(C)(C)C)c1Oc1cncc(N2CCC(O)C2)c1C(F)(F)F. The van der Waals surface area contributed by atoms with Crippen molar-refractivity contribution in [2.45, 2.75) is 51.9 Å². The number of aliphatic hydroxyl groups excluding tert-OH is 1. The van der Waals surface area contributed by atoms with Crippen LogP contribution in [0.2, 0.25) is 0 Å². The fourth-order valence-corrected chi connectivity index (χ4v) is 3.36. The second kappa shape index (κ2) is 7.46. The maximum Gasteiger partial charge on any atom is 0.422 e. The molecule has 2 aromatic rings. The number of aromatic carboxylic acids is 1. The van der Waals surface area contributed by atoms with E-state index in [0.717, 1.165) is 12.4 Å². The van der Waals surface area contributed by atoms with Crippen molar-refractivity contribution in [1.82, 2.24) is 14.8 Å². The van der Waals surface area contributed by atoms with Gasteiger partial charge in [-0.15, -0.1) is 0 Å². The van der Waals surface area contributed by atoms with Crippen LogP contribution >= 0.6 is 0 Å². The molecule has 0 aromatic carbocycles. The number of carboxylic acid groups (broad SMARTS) is 1. The first-order chi connectivity index (χ1) is 13.8. The molecule has 2 aromatic heterocycles. The molecule has 0 spiro atoms. The number of anilines is 1. The summed E-state index contributed by atoms with van der Waals surface area (Å²) in [5, 5.41) is 23.1. The predicted octanol–water partition coefficient (Wildman–Crippen LogP) is 3.42. The Bertz CT molecular complexity index is 966. The molecule has 164 valence electrons. The van der Waals surface area contributed by atoms with Crippen LogP contribution in [0.25, 0.3) is 0 Å². The number of rotatable bonds is 4. The van der Waals surface area contributed by atoms with E-state index in [2.05, 4.69) is 10.1 Å². The molecule has 1 unspecified atom stereocenters. The minimum absolute atomic E-state index is 0.0519. The van der Waals surface area contributed by atoms with Crippen LogP contribution in [0.3, 0.4) is 0 Å². The zero-order valence-corrected chi connectivity index (χ0v) is 17.0. The van der Waals surface area contributed by atoms with Crippen molar-refractivity contribution in [2.75, 3.05) is 18.0 Å². The van der Waals surface area contributed by atoms with Crippen LogP contribution in [0.1, 0.15) is 48.8 Å². The van der Waals surface area contributed by atoms with Gasteiger partial charge in [0.25, 0.3) is 0 Å². The third-order valence-electron chi connectivity index (χ3n) is 4.79. The molecule has 8 nitrogen and oxygen atoms in total. The summed E-state index contributed by atoms with van der Waals surface area (Å²) in [6.07, 6.45) is -3.11. The fraction of sp³-hybridized carbons (Fsp3) is 0.526. The van der Waals surface area contributed by atoms with Crippen LogP contribution in [-0.2, 0) is 11.7 Å². The minimum atomic E-state index is -4.77. The number of hydrogen-bond acceptors (Lipinski definition) is 6. The van der Waals surface area contributed by atoms with Crippen LogP contribution in [0.5, 0.6) is 11.6 Å². The van der Waals surface area contributed by atoms with Crippen LogP contribution < -0.4 is 9.64 Å². The Balaban J connectivity index is 2.15. The van der Waals surface area contributed by atoms with Crippen molar-refractivity contribution in [2.24, 2.45) is 0 Å². The summed E-state index contributed by atoms with van der Waals surface area (Å²) in [6.45, 7) is 6.90. The van der Waals surface area contributed by atoms with Gasteiger partial charge in [0.2, 0.25) is 5.88 Å². The molecule has 1 aliphatic rings. The lowest BCUT2D eigenvalue weighted by atomic mass is 10.1. The smallest absolute Gasteiger partial charge is 0.422 e. The van der Waals surface area contributed by atoms with Crippen LogP contribution in [-0.4, -0.2) is 50.1 Å². The van der Waals surface area contributed by atoms with Crippen molar-refractivity contribution < 1.29 is 32.9 Å². The molecule has 3 rings (SSSR count). The fourth-order valence-electron chi connectivity index (χ4n) is 3.36. The highest BCUT2D eigenvalue weighted by atomic mass is 19.4. The number of hydrogen-bond donors (Lipinski definition) is 2. The van der Waals surface area contributed by atoms with Crippen molar-refractivity contribution in [3.8, 4) is 11.6 Å². The van der Waals surface area contributed by atoms with E-state index in [1.54, 1.807) is 20.8 Å². The van der Waals surface area contributed by atoms with Crippen molar-refractivity contribution in [3.05, 3.63) is 29.2 Å².